The van der Waals surface area contributed by atoms with E-state index in [-0.39, 0.29) is 6.10 Å². The molecule has 36 valence electrons. The van der Waals surface area contributed by atoms with Gasteiger partial charge in [0.1, 0.15) is 6.10 Å². The Kier molecular flexibility index (Phi) is 0.601. The summed E-state index contributed by atoms with van der Waals surface area (Å²) < 4.78 is 23.1. The van der Waals surface area contributed by atoms with Crippen molar-refractivity contribution >= 4 is 0 Å². The van der Waals surface area contributed by atoms with Crippen molar-refractivity contribution in [2.45, 2.75) is 6.10 Å². The van der Waals surface area contributed by atoms with Gasteiger partial charge in [-0.15, -0.1) is 0 Å². The zero-order valence-electron chi connectivity index (χ0n) is 5.60. The summed E-state index contributed by atoms with van der Waals surface area (Å²) in [6.07, 6.45) is -0.359. The molecule has 2 nitrogen and oxygen atoms in total. The van der Waals surface area contributed by atoms with Gasteiger partial charge in [-0.3, -0.25) is 0 Å². The van der Waals surface area contributed by atoms with Gasteiger partial charge < -0.3 is 9.47 Å². The Morgan fingerprint density at radius 3 is 3.00 bits per heavy atom. The summed E-state index contributed by atoms with van der Waals surface area (Å²) >= 11 is 0. The predicted octanol–water partition coefficient (Wildman–Crippen LogP) is 0.0316. The van der Waals surface area contributed by atoms with Crippen molar-refractivity contribution in [3.63, 3.8) is 0 Å². The number of hydrogen-bond donors (Lipinski definition) is 0. The summed E-state index contributed by atoms with van der Waals surface area (Å²) in [4.78, 5) is 0. The van der Waals surface area contributed by atoms with Crippen molar-refractivity contribution in [3.8, 4) is 0 Å². The number of rotatable bonds is 1. The van der Waals surface area contributed by atoms with Gasteiger partial charge in [-0.1, -0.05) is 0 Å². The molecule has 1 saturated heterocycles. The van der Waals surface area contributed by atoms with Gasteiger partial charge in [0.25, 0.3) is 0 Å². The Bertz CT molecular complexity index is 92.0. The van der Waals surface area contributed by atoms with Crippen LogP contribution in [-0.2, 0) is 9.47 Å². The number of hydrogen-bond acceptors (Lipinski definition) is 2. The highest BCUT2D eigenvalue weighted by molar-refractivity contribution is 4.61. The van der Waals surface area contributed by atoms with E-state index in [9.17, 15) is 0 Å². The van der Waals surface area contributed by atoms with Crippen LogP contribution in [0.2, 0.25) is 0 Å². The van der Waals surface area contributed by atoms with E-state index in [1.54, 1.807) is 0 Å². The Morgan fingerprint density at radius 1 is 2.17 bits per heavy atom. The van der Waals surface area contributed by atoms with Crippen LogP contribution in [0, 0.1) is 0 Å². The summed E-state index contributed by atoms with van der Waals surface area (Å²) in [6, 6.07) is 0. The van der Waals surface area contributed by atoms with Crippen LogP contribution in [0.1, 0.15) is 2.74 Å². The monoisotopic (exact) mass is 90.1 g/mol. The van der Waals surface area contributed by atoms with Crippen molar-refractivity contribution in [1.82, 2.24) is 0 Å². The molecule has 1 unspecified atom stereocenters. The van der Waals surface area contributed by atoms with Crippen molar-refractivity contribution in [3.05, 3.63) is 0 Å². The molecule has 1 aliphatic rings. The summed E-state index contributed by atoms with van der Waals surface area (Å²) in [5.41, 5.74) is 0. The molecule has 6 heavy (non-hydrogen) atoms. The van der Waals surface area contributed by atoms with E-state index in [4.69, 9.17) is 7.48 Å². The summed E-state index contributed by atoms with van der Waals surface area (Å²) in [5, 5.41) is 0. The normalized spacial score (nSPS) is 45.8. The van der Waals surface area contributed by atoms with E-state index < -0.39 is 6.56 Å². The molecule has 0 aromatic carbocycles. The van der Waals surface area contributed by atoms with E-state index in [0.717, 1.165) is 0 Å². The average molecular weight is 90.1 g/mol. The van der Waals surface area contributed by atoms with E-state index in [0.29, 0.717) is 6.61 Å². The van der Waals surface area contributed by atoms with Gasteiger partial charge in [-0.05, 0) is 0 Å². The van der Waals surface area contributed by atoms with Crippen molar-refractivity contribution in [1.29, 1.82) is 0 Å². The third-order valence-corrected chi connectivity index (χ3v) is 0.734. The second-order valence-electron chi connectivity index (χ2n) is 1.15. The zero-order valence-corrected chi connectivity index (χ0v) is 3.60. The minimum atomic E-state index is -1.53. The average Bonchev–Trinajstić information content (AvgIpc) is 1.66. The lowest BCUT2D eigenvalue weighted by Crippen LogP contribution is -2.34. The van der Waals surface area contributed by atoms with Crippen LogP contribution >= 0.6 is 0 Å². The third kappa shape index (κ3) is 0.533. The second kappa shape index (κ2) is 1.58. The van der Waals surface area contributed by atoms with Gasteiger partial charge >= 0.3 is 0 Å². The molecule has 1 heterocycles. The highest BCUT2D eigenvalue weighted by Gasteiger charge is 2.15. The first kappa shape index (κ1) is 2.28. The first-order valence-corrected chi connectivity index (χ1v) is 1.83. The first-order chi connectivity index (χ1) is 3.67. The third-order valence-electron chi connectivity index (χ3n) is 0.734. The lowest BCUT2D eigenvalue weighted by molar-refractivity contribution is -0.113. The molecule has 0 N–H and O–H groups in total. The van der Waals surface area contributed by atoms with Gasteiger partial charge in [0.05, 0.1) is 15.9 Å². The van der Waals surface area contributed by atoms with Crippen LogP contribution in [0.15, 0.2) is 0 Å². The molecule has 1 atom stereocenters. The summed E-state index contributed by atoms with van der Waals surface area (Å²) in [7, 11) is 1.48. The van der Waals surface area contributed by atoms with E-state index in [1.165, 1.54) is 7.11 Å². The maximum Gasteiger partial charge on any atom is 0.104 e. The Hall–Kier alpha value is -0.0800. The highest BCUT2D eigenvalue weighted by atomic mass is 16.6. The molecule has 1 fully saturated rings. The molecule has 1 aliphatic heterocycles. The zero-order chi connectivity index (χ0) is 6.20. The van der Waals surface area contributed by atoms with E-state index in [2.05, 4.69) is 4.74 Å². The smallest absolute Gasteiger partial charge is 0.104 e. The number of methoxy groups -OCH3 is 1. The molecule has 0 aromatic rings. The molecule has 0 bridgehead atoms. The summed E-state index contributed by atoms with van der Waals surface area (Å²) in [6.45, 7) is -1.15. The lowest BCUT2D eigenvalue weighted by Gasteiger charge is -2.23. The maximum atomic E-state index is 6.94. The highest BCUT2D eigenvalue weighted by Crippen LogP contribution is 2.01. The molecular weight excluding hydrogens is 80.0 g/mol. The fourth-order valence-corrected chi connectivity index (χ4v) is 0.268. The Labute approximate surface area is 39.9 Å². The molecule has 0 radical (unpaired) electrons. The topological polar surface area (TPSA) is 18.5 Å². The molecular formula is C4H8O2. The lowest BCUT2D eigenvalue weighted by atomic mass is 10.3. The van der Waals surface area contributed by atoms with E-state index in [1.807, 2.05) is 0 Å². The molecule has 0 aliphatic carbocycles. The van der Waals surface area contributed by atoms with Gasteiger partial charge in [0, 0.05) is 7.11 Å². The van der Waals surface area contributed by atoms with Gasteiger partial charge in [0.2, 0.25) is 0 Å². The molecule has 0 aromatic heterocycles. The molecule has 2 heteroatoms. The molecule has 1 rings (SSSR count). The maximum absolute atomic E-state index is 6.94. The second-order valence-corrected chi connectivity index (χ2v) is 1.15. The quantitative estimate of drug-likeness (QED) is 0.452. The van der Waals surface area contributed by atoms with E-state index >= 15 is 0 Å². The van der Waals surface area contributed by atoms with Crippen LogP contribution in [0.3, 0.4) is 0 Å². The Morgan fingerprint density at radius 2 is 3.00 bits per heavy atom. The van der Waals surface area contributed by atoms with Gasteiger partial charge in [0.15, 0.2) is 0 Å². The SMILES string of the molecule is [2H]C1([2H])OCC1OC. The molecule has 0 saturated carbocycles. The molecule has 0 amide bonds. The predicted molar refractivity (Wildman–Crippen MR) is 21.6 cm³/mol. The first-order valence-electron chi connectivity index (χ1n) is 2.83. The fraction of sp³-hybridized carbons (Fsp3) is 1.00. The van der Waals surface area contributed by atoms with Crippen LogP contribution < -0.4 is 0 Å². The van der Waals surface area contributed by atoms with Crippen molar-refractivity contribution < 1.29 is 12.2 Å². The minimum absolute atomic E-state index is 0.359. The van der Waals surface area contributed by atoms with Crippen LogP contribution in [0.25, 0.3) is 0 Å². The standard InChI is InChI=1S/C4H8O2/c1-5-4-2-6-3-4/h4H,2-3H2,1H3/i2D2. The minimum Gasteiger partial charge on any atom is -0.377 e. The van der Waals surface area contributed by atoms with Crippen molar-refractivity contribution in [2.24, 2.45) is 0 Å². The van der Waals surface area contributed by atoms with Crippen LogP contribution in [0.4, 0.5) is 0 Å². The largest absolute Gasteiger partial charge is 0.377 e. The van der Waals surface area contributed by atoms with Gasteiger partial charge in [-0.2, -0.15) is 0 Å². The Balaban J connectivity index is 2.37. The van der Waals surface area contributed by atoms with Crippen LogP contribution in [-0.4, -0.2) is 26.4 Å². The fourth-order valence-electron chi connectivity index (χ4n) is 0.268. The van der Waals surface area contributed by atoms with Crippen molar-refractivity contribution in [2.75, 3.05) is 20.3 Å². The molecule has 0 spiro atoms. The summed E-state index contributed by atoms with van der Waals surface area (Å²) in [5.74, 6) is 0. The van der Waals surface area contributed by atoms with Crippen LogP contribution in [0.5, 0.6) is 0 Å². The van der Waals surface area contributed by atoms with Gasteiger partial charge in [-0.25, -0.2) is 0 Å². The number of ether oxygens (including phenoxy) is 2.